The van der Waals surface area contributed by atoms with E-state index in [2.05, 4.69) is 10.3 Å². The molecule has 1 rings (SSSR count). The number of nitrogens with two attached hydrogens (primary N) is 1. The number of nitrogens with zero attached hydrogens (tertiary/aromatic N) is 1. The fraction of sp³-hybridized carbons (Fsp3) is 0.444. The van der Waals surface area contributed by atoms with Crippen molar-refractivity contribution < 1.29 is 0 Å². The summed E-state index contributed by atoms with van der Waals surface area (Å²) in [5.41, 5.74) is 5.36. The van der Waals surface area contributed by atoms with Gasteiger partial charge in [-0.25, -0.2) is 4.98 Å². The summed E-state index contributed by atoms with van der Waals surface area (Å²) in [5.74, 6) is 0.939. The summed E-state index contributed by atoms with van der Waals surface area (Å²) in [4.78, 5) is 4.13. The van der Waals surface area contributed by atoms with E-state index in [0.717, 1.165) is 31.7 Å². The first-order valence-electron chi connectivity index (χ1n) is 4.28. The Balaban J connectivity index is 2.16. The van der Waals surface area contributed by atoms with E-state index in [1.807, 2.05) is 18.2 Å². The quantitative estimate of drug-likeness (QED) is 0.645. The van der Waals surface area contributed by atoms with Gasteiger partial charge >= 0.3 is 0 Å². The Bertz CT molecular complexity index is 198. The molecule has 0 aliphatic carbocycles. The van der Waals surface area contributed by atoms with Crippen LogP contribution in [0.25, 0.3) is 0 Å². The molecule has 3 N–H and O–H groups in total. The molecular weight excluding hydrogens is 150 g/mol. The number of unbranched alkanes of at least 4 members (excludes halogenated alkanes) is 1. The average Bonchev–Trinajstić information content (AvgIpc) is 2.14. The third-order valence-electron chi connectivity index (χ3n) is 1.60. The van der Waals surface area contributed by atoms with Gasteiger partial charge in [-0.15, -0.1) is 0 Å². The smallest absolute Gasteiger partial charge is 0.125 e. The predicted octanol–water partition coefficient (Wildman–Crippen LogP) is 1.23. The molecule has 1 heterocycles. The summed E-state index contributed by atoms with van der Waals surface area (Å²) in [6.07, 6.45) is 3.96. The SMILES string of the molecule is NCCCCNc1ccccn1. The first kappa shape index (κ1) is 9.00. The minimum absolute atomic E-state index is 0.768. The highest BCUT2D eigenvalue weighted by Crippen LogP contribution is 1.99. The second-order valence-corrected chi connectivity index (χ2v) is 2.64. The van der Waals surface area contributed by atoms with Crippen molar-refractivity contribution in [3.8, 4) is 0 Å². The summed E-state index contributed by atoms with van der Waals surface area (Å²) in [6, 6.07) is 5.84. The van der Waals surface area contributed by atoms with E-state index in [9.17, 15) is 0 Å². The van der Waals surface area contributed by atoms with Crippen LogP contribution in [-0.2, 0) is 0 Å². The number of hydrogen-bond acceptors (Lipinski definition) is 3. The molecule has 0 amide bonds. The number of aromatic nitrogens is 1. The van der Waals surface area contributed by atoms with Crippen LogP contribution in [0.5, 0.6) is 0 Å². The van der Waals surface area contributed by atoms with Crippen molar-refractivity contribution in [2.75, 3.05) is 18.4 Å². The van der Waals surface area contributed by atoms with Crippen LogP contribution in [0.2, 0.25) is 0 Å². The van der Waals surface area contributed by atoms with Gasteiger partial charge in [-0.1, -0.05) is 6.07 Å². The molecule has 12 heavy (non-hydrogen) atoms. The van der Waals surface area contributed by atoms with Crippen molar-refractivity contribution in [3.63, 3.8) is 0 Å². The molecule has 0 saturated carbocycles. The van der Waals surface area contributed by atoms with Crippen molar-refractivity contribution in [2.45, 2.75) is 12.8 Å². The Kier molecular flexibility index (Phi) is 4.16. The molecule has 0 spiro atoms. The monoisotopic (exact) mass is 165 g/mol. The van der Waals surface area contributed by atoms with Crippen molar-refractivity contribution in [2.24, 2.45) is 5.73 Å². The Hall–Kier alpha value is -1.09. The molecule has 0 atom stereocenters. The van der Waals surface area contributed by atoms with Gasteiger partial charge < -0.3 is 11.1 Å². The molecule has 0 aliphatic heterocycles. The van der Waals surface area contributed by atoms with Crippen LogP contribution in [0.4, 0.5) is 5.82 Å². The van der Waals surface area contributed by atoms with E-state index in [4.69, 9.17) is 5.73 Å². The average molecular weight is 165 g/mol. The maximum Gasteiger partial charge on any atom is 0.125 e. The van der Waals surface area contributed by atoms with Gasteiger partial charge in [0.05, 0.1) is 0 Å². The standard InChI is InChI=1S/C9H15N3/c10-6-2-4-8-12-9-5-1-3-7-11-9/h1,3,5,7H,2,4,6,8,10H2,(H,11,12). The highest BCUT2D eigenvalue weighted by atomic mass is 15.0. The molecule has 0 aromatic carbocycles. The topological polar surface area (TPSA) is 50.9 Å². The summed E-state index contributed by atoms with van der Waals surface area (Å²) in [5, 5.41) is 3.21. The second-order valence-electron chi connectivity index (χ2n) is 2.64. The third kappa shape index (κ3) is 3.34. The van der Waals surface area contributed by atoms with E-state index in [-0.39, 0.29) is 0 Å². The summed E-state index contributed by atoms with van der Waals surface area (Å²) in [6.45, 7) is 1.72. The van der Waals surface area contributed by atoms with Crippen molar-refractivity contribution in [1.82, 2.24) is 4.98 Å². The second kappa shape index (κ2) is 5.55. The largest absolute Gasteiger partial charge is 0.370 e. The van der Waals surface area contributed by atoms with Crippen LogP contribution < -0.4 is 11.1 Å². The van der Waals surface area contributed by atoms with Crippen LogP contribution in [0.15, 0.2) is 24.4 Å². The van der Waals surface area contributed by atoms with Crippen LogP contribution in [0, 0.1) is 0 Å². The minimum Gasteiger partial charge on any atom is -0.370 e. The van der Waals surface area contributed by atoms with Gasteiger partial charge in [0.15, 0.2) is 0 Å². The van der Waals surface area contributed by atoms with Crippen molar-refractivity contribution in [3.05, 3.63) is 24.4 Å². The lowest BCUT2D eigenvalue weighted by Gasteiger charge is -2.03. The van der Waals surface area contributed by atoms with Gasteiger partial charge in [0, 0.05) is 12.7 Å². The summed E-state index contributed by atoms with van der Waals surface area (Å²) >= 11 is 0. The third-order valence-corrected chi connectivity index (χ3v) is 1.60. The van der Waals surface area contributed by atoms with E-state index in [1.54, 1.807) is 6.20 Å². The lowest BCUT2D eigenvalue weighted by atomic mass is 10.3. The van der Waals surface area contributed by atoms with Crippen LogP contribution in [0.1, 0.15) is 12.8 Å². The number of pyridine rings is 1. The number of anilines is 1. The normalized spacial score (nSPS) is 9.75. The summed E-state index contributed by atoms with van der Waals surface area (Å²) < 4.78 is 0. The van der Waals surface area contributed by atoms with Crippen LogP contribution in [-0.4, -0.2) is 18.1 Å². The van der Waals surface area contributed by atoms with Gasteiger partial charge in [-0.2, -0.15) is 0 Å². The van der Waals surface area contributed by atoms with Crippen molar-refractivity contribution in [1.29, 1.82) is 0 Å². The zero-order chi connectivity index (χ0) is 8.65. The fourth-order valence-corrected chi connectivity index (χ4v) is 0.953. The zero-order valence-electron chi connectivity index (χ0n) is 7.16. The Morgan fingerprint density at radius 3 is 2.92 bits per heavy atom. The minimum atomic E-state index is 0.768. The molecule has 1 aromatic rings. The van der Waals surface area contributed by atoms with E-state index < -0.39 is 0 Å². The highest BCUT2D eigenvalue weighted by molar-refractivity contribution is 5.32. The van der Waals surface area contributed by atoms with Gasteiger partial charge in [0.25, 0.3) is 0 Å². The van der Waals surface area contributed by atoms with Gasteiger partial charge in [0.1, 0.15) is 5.82 Å². The van der Waals surface area contributed by atoms with Gasteiger partial charge in [0.2, 0.25) is 0 Å². The van der Waals surface area contributed by atoms with Crippen LogP contribution in [0.3, 0.4) is 0 Å². The Morgan fingerprint density at radius 1 is 1.33 bits per heavy atom. The number of hydrogen-bond donors (Lipinski definition) is 2. The maximum absolute atomic E-state index is 5.36. The van der Waals surface area contributed by atoms with Crippen LogP contribution >= 0.6 is 0 Å². The van der Waals surface area contributed by atoms with E-state index >= 15 is 0 Å². The maximum atomic E-state index is 5.36. The predicted molar refractivity (Wildman–Crippen MR) is 51.0 cm³/mol. The molecule has 0 aliphatic rings. The molecule has 0 unspecified atom stereocenters. The molecular formula is C9H15N3. The first-order chi connectivity index (χ1) is 5.93. The molecule has 66 valence electrons. The molecule has 0 saturated heterocycles. The molecule has 0 bridgehead atoms. The number of rotatable bonds is 5. The van der Waals surface area contributed by atoms with Gasteiger partial charge in [-0.3, -0.25) is 0 Å². The summed E-state index contributed by atoms with van der Waals surface area (Å²) in [7, 11) is 0. The lowest BCUT2D eigenvalue weighted by molar-refractivity contribution is 0.772. The lowest BCUT2D eigenvalue weighted by Crippen LogP contribution is -2.06. The molecule has 0 radical (unpaired) electrons. The fourth-order valence-electron chi connectivity index (χ4n) is 0.953. The zero-order valence-corrected chi connectivity index (χ0v) is 7.16. The molecule has 1 aromatic heterocycles. The molecule has 3 nitrogen and oxygen atoms in total. The molecule has 3 heteroatoms. The van der Waals surface area contributed by atoms with Crippen molar-refractivity contribution >= 4 is 5.82 Å². The van der Waals surface area contributed by atoms with E-state index in [1.165, 1.54) is 0 Å². The van der Waals surface area contributed by atoms with Gasteiger partial charge in [-0.05, 0) is 31.5 Å². The number of nitrogens with one attached hydrogen (secondary N) is 1. The molecule has 0 fully saturated rings. The Morgan fingerprint density at radius 2 is 2.25 bits per heavy atom. The first-order valence-corrected chi connectivity index (χ1v) is 4.28. The highest BCUT2D eigenvalue weighted by Gasteiger charge is 1.89. The van der Waals surface area contributed by atoms with E-state index in [0.29, 0.717) is 0 Å². The Labute approximate surface area is 73.0 Å².